The zero-order chi connectivity index (χ0) is 14.8. The van der Waals surface area contributed by atoms with Crippen LogP contribution in [-0.4, -0.2) is 56.6 Å². The SMILES string of the molecule is CO[C@@H]1O[C@@H]2CO[C@H](c3ccccc3)O[C@@H]2[C@@H](O)[C@@H]1OC. The average Bonchev–Trinajstić information content (AvgIpc) is 2.55. The first-order valence-electron chi connectivity index (χ1n) is 6.95. The highest BCUT2D eigenvalue weighted by atomic mass is 16.8. The molecule has 1 aromatic rings. The van der Waals surface area contributed by atoms with Crippen molar-refractivity contribution in [1.82, 2.24) is 0 Å². The number of rotatable bonds is 3. The Labute approximate surface area is 123 Å². The molecule has 3 rings (SSSR count). The van der Waals surface area contributed by atoms with Gasteiger partial charge in [-0.05, 0) is 0 Å². The van der Waals surface area contributed by atoms with E-state index in [1.165, 1.54) is 14.2 Å². The fraction of sp³-hybridized carbons (Fsp3) is 0.600. The van der Waals surface area contributed by atoms with Gasteiger partial charge in [-0.15, -0.1) is 0 Å². The van der Waals surface area contributed by atoms with Gasteiger partial charge < -0.3 is 28.8 Å². The Morgan fingerprint density at radius 1 is 1.10 bits per heavy atom. The van der Waals surface area contributed by atoms with Gasteiger partial charge in [0.05, 0.1) is 6.61 Å². The van der Waals surface area contributed by atoms with Crippen molar-refractivity contribution in [3.63, 3.8) is 0 Å². The molecule has 0 aromatic heterocycles. The second-order valence-corrected chi connectivity index (χ2v) is 5.15. The van der Waals surface area contributed by atoms with Crippen molar-refractivity contribution in [2.24, 2.45) is 0 Å². The van der Waals surface area contributed by atoms with Crippen LogP contribution in [0.4, 0.5) is 0 Å². The van der Waals surface area contributed by atoms with Crippen LogP contribution in [-0.2, 0) is 23.7 Å². The Morgan fingerprint density at radius 3 is 2.52 bits per heavy atom. The minimum atomic E-state index is -0.839. The highest BCUT2D eigenvalue weighted by molar-refractivity contribution is 5.16. The summed E-state index contributed by atoms with van der Waals surface area (Å²) in [5.74, 6) is 0. The molecule has 21 heavy (non-hydrogen) atoms. The van der Waals surface area contributed by atoms with Gasteiger partial charge in [-0.3, -0.25) is 0 Å². The van der Waals surface area contributed by atoms with E-state index in [9.17, 15) is 5.11 Å². The van der Waals surface area contributed by atoms with E-state index in [0.29, 0.717) is 6.61 Å². The van der Waals surface area contributed by atoms with Crippen LogP contribution >= 0.6 is 0 Å². The lowest BCUT2D eigenvalue weighted by molar-refractivity contribution is -0.360. The Balaban J connectivity index is 1.75. The largest absolute Gasteiger partial charge is 0.387 e. The summed E-state index contributed by atoms with van der Waals surface area (Å²) in [5.41, 5.74) is 0.908. The van der Waals surface area contributed by atoms with Gasteiger partial charge in [0, 0.05) is 19.8 Å². The Hall–Kier alpha value is -1.02. The van der Waals surface area contributed by atoms with E-state index in [1.807, 2.05) is 30.3 Å². The van der Waals surface area contributed by atoms with Crippen molar-refractivity contribution in [3.05, 3.63) is 35.9 Å². The van der Waals surface area contributed by atoms with Crippen molar-refractivity contribution in [3.8, 4) is 0 Å². The van der Waals surface area contributed by atoms with Gasteiger partial charge in [-0.2, -0.15) is 0 Å². The van der Waals surface area contributed by atoms with Crippen LogP contribution in [0.5, 0.6) is 0 Å². The van der Waals surface area contributed by atoms with Gasteiger partial charge in [0.2, 0.25) is 0 Å². The van der Waals surface area contributed by atoms with Crippen molar-refractivity contribution in [1.29, 1.82) is 0 Å². The maximum Gasteiger partial charge on any atom is 0.186 e. The Bertz CT molecular complexity index is 453. The molecule has 116 valence electrons. The maximum absolute atomic E-state index is 10.5. The smallest absolute Gasteiger partial charge is 0.186 e. The van der Waals surface area contributed by atoms with E-state index >= 15 is 0 Å². The summed E-state index contributed by atoms with van der Waals surface area (Å²) in [4.78, 5) is 0. The predicted molar refractivity (Wildman–Crippen MR) is 72.5 cm³/mol. The molecular formula is C15H20O6. The molecule has 1 aromatic carbocycles. The molecule has 2 aliphatic rings. The van der Waals surface area contributed by atoms with E-state index in [0.717, 1.165) is 5.56 Å². The number of aliphatic hydroxyl groups is 1. The van der Waals surface area contributed by atoms with Crippen LogP contribution in [0, 0.1) is 0 Å². The van der Waals surface area contributed by atoms with Crippen LogP contribution < -0.4 is 0 Å². The summed E-state index contributed by atoms with van der Waals surface area (Å²) in [7, 11) is 3.03. The minimum Gasteiger partial charge on any atom is -0.387 e. The third kappa shape index (κ3) is 2.83. The van der Waals surface area contributed by atoms with Crippen molar-refractivity contribution in [2.45, 2.75) is 37.0 Å². The normalized spacial score (nSPS) is 39.8. The number of aliphatic hydroxyl groups excluding tert-OH is 1. The first kappa shape index (κ1) is 14.9. The summed E-state index contributed by atoms with van der Waals surface area (Å²) < 4.78 is 27.8. The highest BCUT2D eigenvalue weighted by Crippen LogP contribution is 2.34. The summed E-state index contributed by atoms with van der Waals surface area (Å²) >= 11 is 0. The molecule has 0 radical (unpaired) electrons. The minimum absolute atomic E-state index is 0.331. The fourth-order valence-electron chi connectivity index (χ4n) is 2.79. The second-order valence-electron chi connectivity index (χ2n) is 5.15. The quantitative estimate of drug-likeness (QED) is 0.892. The van der Waals surface area contributed by atoms with Gasteiger partial charge in [-0.1, -0.05) is 30.3 Å². The topological polar surface area (TPSA) is 66.4 Å². The zero-order valence-electron chi connectivity index (χ0n) is 12.0. The molecule has 6 heteroatoms. The van der Waals surface area contributed by atoms with Crippen LogP contribution in [0.1, 0.15) is 11.9 Å². The number of hydrogen-bond donors (Lipinski definition) is 1. The Kier molecular flexibility index (Phi) is 4.54. The monoisotopic (exact) mass is 296 g/mol. The molecule has 0 saturated carbocycles. The average molecular weight is 296 g/mol. The molecular weight excluding hydrogens is 276 g/mol. The first-order chi connectivity index (χ1) is 10.2. The zero-order valence-corrected chi connectivity index (χ0v) is 12.0. The number of benzene rings is 1. The number of hydrogen-bond acceptors (Lipinski definition) is 6. The predicted octanol–water partition coefficient (Wildman–Crippen LogP) is 0.848. The molecule has 6 nitrogen and oxygen atoms in total. The van der Waals surface area contributed by atoms with Gasteiger partial charge in [-0.25, -0.2) is 0 Å². The number of methoxy groups -OCH3 is 2. The lowest BCUT2D eigenvalue weighted by atomic mass is 9.97. The molecule has 0 amide bonds. The number of fused-ring (bicyclic) bond motifs is 1. The van der Waals surface area contributed by atoms with Crippen molar-refractivity contribution >= 4 is 0 Å². The lowest BCUT2D eigenvalue weighted by Crippen LogP contribution is -2.62. The van der Waals surface area contributed by atoms with Crippen LogP contribution in [0.25, 0.3) is 0 Å². The van der Waals surface area contributed by atoms with E-state index in [2.05, 4.69) is 0 Å². The molecule has 0 aliphatic carbocycles. The molecule has 2 heterocycles. The van der Waals surface area contributed by atoms with Gasteiger partial charge in [0.15, 0.2) is 12.6 Å². The van der Waals surface area contributed by atoms with Crippen LogP contribution in [0.15, 0.2) is 30.3 Å². The van der Waals surface area contributed by atoms with Crippen LogP contribution in [0.3, 0.4) is 0 Å². The fourth-order valence-corrected chi connectivity index (χ4v) is 2.79. The van der Waals surface area contributed by atoms with Gasteiger partial charge in [0.1, 0.15) is 24.4 Å². The van der Waals surface area contributed by atoms with Crippen molar-refractivity contribution < 1.29 is 28.8 Å². The molecule has 0 bridgehead atoms. The van der Waals surface area contributed by atoms with E-state index in [-0.39, 0.29) is 6.10 Å². The third-order valence-corrected chi connectivity index (χ3v) is 3.89. The summed E-state index contributed by atoms with van der Waals surface area (Å²) in [6.07, 6.45) is -3.47. The second kappa shape index (κ2) is 6.39. The molecule has 2 saturated heterocycles. The Morgan fingerprint density at radius 2 is 1.86 bits per heavy atom. The van der Waals surface area contributed by atoms with E-state index in [4.69, 9.17) is 23.7 Å². The van der Waals surface area contributed by atoms with E-state index in [1.54, 1.807) is 0 Å². The van der Waals surface area contributed by atoms with Crippen molar-refractivity contribution in [2.75, 3.05) is 20.8 Å². The van der Waals surface area contributed by atoms with Crippen LogP contribution in [0.2, 0.25) is 0 Å². The molecule has 2 fully saturated rings. The number of ether oxygens (including phenoxy) is 5. The third-order valence-electron chi connectivity index (χ3n) is 3.89. The van der Waals surface area contributed by atoms with Gasteiger partial charge >= 0.3 is 0 Å². The van der Waals surface area contributed by atoms with Gasteiger partial charge in [0.25, 0.3) is 0 Å². The standard InChI is InChI=1S/C15H20O6/c1-17-13-11(16)12-10(20-15(13)18-2)8-19-14(21-12)9-6-4-3-5-7-9/h3-7,10-16H,8H2,1-2H3/t10-,11-,12+,13+,14+,15-/m1/s1. The van der Waals surface area contributed by atoms with E-state index < -0.39 is 30.9 Å². The molecule has 0 spiro atoms. The first-order valence-corrected chi connectivity index (χ1v) is 6.95. The summed E-state index contributed by atoms with van der Waals surface area (Å²) in [5, 5.41) is 10.5. The molecule has 0 unspecified atom stereocenters. The molecule has 2 aliphatic heterocycles. The summed E-state index contributed by atoms with van der Waals surface area (Å²) in [6, 6.07) is 9.61. The molecule has 1 N–H and O–H groups in total. The lowest BCUT2D eigenvalue weighted by Gasteiger charge is -2.46. The molecule has 6 atom stereocenters. The highest BCUT2D eigenvalue weighted by Gasteiger charge is 2.49. The maximum atomic E-state index is 10.5. The summed E-state index contributed by atoms with van der Waals surface area (Å²) in [6.45, 7) is 0.331.